The van der Waals surface area contributed by atoms with Crippen molar-refractivity contribution in [2.24, 2.45) is 0 Å². The second kappa shape index (κ2) is 6.00. The lowest BCUT2D eigenvalue weighted by atomic mass is 10.1. The van der Waals surface area contributed by atoms with Crippen LogP contribution in [0.2, 0.25) is 0 Å². The van der Waals surface area contributed by atoms with Crippen LogP contribution in [0, 0.1) is 0 Å². The summed E-state index contributed by atoms with van der Waals surface area (Å²) in [6, 6.07) is 5.25. The maximum Gasteiger partial charge on any atom is 0.411 e. The van der Waals surface area contributed by atoms with Crippen LogP contribution in [0.1, 0.15) is 10.4 Å². The van der Waals surface area contributed by atoms with E-state index in [1.165, 1.54) is 0 Å². The van der Waals surface area contributed by atoms with Gasteiger partial charge in [-0.1, -0.05) is 22.0 Å². The van der Waals surface area contributed by atoms with E-state index in [4.69, 9.17) is 9.47 Å². The molecule has 0 amide bonds. The number of fused-ring (bicyclic) bond motifs is 1. The lowest BCUT2D eigenvalue weighted by molar-refractivity contribution is -0.173. The molecule has 2 rings (SSSR count). The summed E-state index contributed by atoms with van der Waals surface area (Å²) in [7, 11) is 0. The SMILES string of the molecule is FC(F)(F)COCC(Br)c1ccc2c(c1)OCCO2. The predicted molar refractivity (Wildman–Crippen MR) is 66.0 cm³/mol. The Morgan fingerprint density at radius 2 is 1.89 bits per heavy atom. The lowest BCUT2D eigenvalue weighted by Gasteiger charge is -2.20. The number of hydrogen-bond acceptors (Lipinski definition) is 3. The van der Waals surface area contributed by atoms with Crippen molar-refractivity contribution in [1.82, 2.24) is 0 Å². The fourth-order valence-electron chi connectivity index (χ4n) is 1.63. The van der Waals surface area contributed by atoms with E-state index in [2.05, 4.69) is 20.7 Å². The Morgan fingerprint density at radius 3 is 2.58 bits per heavy atom. The van der Waals surface area contributed by atoms with Gasteiger partial charge >= 0.3 is 6.18 Å². The van der Waals surface area contributed by atoms with Gasteiger partial charge in [-0.3, -0.25) is 0 Å². The fraction of sp³-hybridized carbons (Fsp3) is 0.500. The molecular formula is C12H12BrF3O3. The molecule has 1 unspecified atom stereocenters. The Bertz CT molecular complexity index is 437. The van der Waals surface area contributed by atoms with Crippen molar-refractivity contribution in [2.45, 2.75) is 11.0 Å². The molecule has 1 atom stereocenters. The molecule has 0 spiro atoms. The molecule has 3 nitrogen and oxygen atoms in total. The first-order chi connectivity index (χ1) is 8.96. The molecule has 0 bridgehead atoms. The molecule has 0 aliphatic carbocycles. The minimum absolute atomic E-state index is 0.0703. The van der Waals surface area contributed by atoms with Crippen molar-refractivity contribution >= 4 is 15.9 Å². The monoisotopic (exact) mass is 340 g/mol. The van der Waals surface area contributed by atoms with Gasteiger partial charge in [0.2, 0.25) is 0 Å². The van der Waals surface area contributed by atoms with Crippen molar-refractivity contribution in [3.63, 3.8) is 0 Å². The zero-order valence-corrected chi connectivity index (χ0v) is 11.5. The molecule has 1 aromatic rings. The zero-order valence-electron chi connectivity index (χ0n) is 9.87. The molecule has 0 aromatic heterocycles. The normalized spacial score (nSPS) is 16.2. The second-order valence-electron chi connectivity index (χ2n) is 4.00. The molecule has 0 N–H and O–H groups in total. The first-order valence-corrected chi connectivity index (χ1v) is 6.55. The number of halogens is 4. The highest BCUT2D eigenvalue weighted by Crippen LogP contribution is 2.35. The van der Waals surface area contributed by atoms with E-state index in [1.54, 1.807) is 18.2 Å². The van der Waals surface area contributed by atoms with Gasteiger partial charge in [0.25, 0.3) is 0 Å². The van der Waals surface area contributed by atoms with Gasteiger partial charge in [0.05, 0.1) is 11.4 Å². The lowest BCUT2D eigenvalue weighted by Crippen LogP contribution is -2.19. The van der Waals surface area contributed by atoms with E-state index in [0.29, 0.717) is 24.7 Å². The van der Waals surface area contributed by atoms with Gasteiger partial charge in [-0.05, 0) is 17.7 Å². The topological polar surface area (TPSA) is 27.7 Å². The van der Waals surface area contributed by atoms with Crippen LogP contribution in [-0.4, -0.2) is 32.6 Å². The van der Waals surface area contributed by atoms with Crippen LogP contribution in [0.5, 0.6) is 11.5 Å². The van der Waals surface area contributed by atoms with Crippen LogP contribution in [0.25, 0.3) is 0 Å². The van der Waals surface area contributed by atoms with Gasteiger partial charge in [0.1, 0.15) is 19.8 Å². The van der Waals surface area contributed by atoms with Gasteiger partial charge < -0.3 is 14.2 Å². The summed E-state index contributed by atoms with van der Waals surface area (Å²) in [5.74, 6) is 1.25. The van der Waals surface area contributed by atoms with Crippen molar-refractivity contribution in [2.75, 3.05) is 26.4 Å². The third kappa shape index (κ3) is 4.28. The standard InChI is InChI=1S/C12H12BrF3O3/c13-9(6-17-7-12(14,15)16)8-1-2-10-11(5-8)19-4-3-18-10/h1-2,5,9H,3-4,6-7H2. The van der Waals surface area contributed by atoms with Crippen LogP contribution in [0.4, 0.5) is 13.2 Å². The Hall–Kier alpha value is -0.950. The van der Waals surface area contributed by atoms with Crippen LogP contribution < -0.4 is 9.47 Å². The number of benzene rings is 1. The molecule has 1 aliphatic heterocycles. The van der Waals surface area contributed by atoms with Gasteiger partial charge in [-0.15, -0.1) is 0 Å². The third-order valence-electron chi connectivity index (χ3n) is 2.46. The predicted octanol–water partition coefficient (Wildman–Crippen LogP) is 3.47. The average molecular weight is 341 g/mol. The van der Waals surface area contributed by atoms with E-state index in [1.807, 2.05) is 0 Å². The third-order valence-corrected chi connectivity index (χ3v) is 3.25. The molecule has 0 saturated carbocycles. The Morgan fingerprint density at radius 1 is 1.21 bits per heavy atom. The quantitative estimate of drug-likeness (QED) is 0.785. The van der Waals surface area contributed by atoms with E-state index in [-0.39, 0.29) is 11.4 Å². The number of hydrogen-bond donors (Lipinski definition) is 0. The largest absolute Gasteiger partial charge is 0.486 e. The van der Waals surface area contributed by atoms with Gasteiger partial charge in [0.15, 0.2) is 11.5 Å². The Labute approximate surface area is 116 Å². The fourth-order valence-corrected chi connectivity index (χ4v) is 2.10. The van der Waals surface area contributed by atoms with Crippen molar-refractivity contribution in [1.29, 1.82) is 0 Å². The minimum Gasteiger partial charge on any atom is -0.486 e. The van der Waals surface area contributed by atoms with E-state index in [0.717, 1.165) is 5.56 Å². The van der Waals surface area contributed by atoms with E-state index < -0.39 is 12.8 Å². The zero-order chi connectivity index (χ0) is 13.9. The molecular weight excluding hydrogens is 329 g/mol. The van der Waals surface area contributed by atoms with E-state index in [9.17, 15) is 13.2 Å². The van der Waals surface area contributed by atoms with Gasteiger partial charge in [-0.25, -0.2) is 0 Å². The molecule has 106 valence electrons. The maximum atomic E-state index is 12.0. The summed E-state index contributed by atoms with van der Waals surface area (Å²) in [6.07, 6.45) is -4.31. The van der Waals surface area contributed by atoms with Crippen molar-refractivity contribution in [3.8, 4) is 11.5 Å². The van der Waals surface area contributed by atoms with Crippen LogP contribution in [-0.2, 0) is 4.74 Å². The number of ether oxygens (including phenoxy) is 3. The Kier molecular flexibility index (Phi) is 4.57. The van der Waals surface area contributed by atoms with Crippen LogP contribution in [0.15, 0.2) is 18.2 Å². The summed E-state index contributed by atoms with van der Waals surface area (Å²) in [5, 5.41) is 0. The van der Waals surface area contributed by atoms with Crippen molar-refractivity contribution < 1.29 is 27.4 Å². The molecule has 0 fully saturated rings. The van der Waals surface area contributed by atoms with Crippen molar-refractivity contribution in [3.05, 3.63) is 23.8 Å². The smallest absolute Gasteiger partial charge is 0.411 e. The molecule has 19 heavy (non-hydrogen) atoms. The number of rotatable bonds is 4. The second-order valence-corrected chi connectivity index (χ2v) is 5.11. The highest BCUT2D eigenvalue weighted by atomic mass is 79.9. The minimum atomic E-state index is -4.31. The van der Waals surface area contributed by atoms with Crippen LogP contribution in [0.3, 0.4) is 0 Å². The molecule has 1 heterocycles. The summed E-state index contributed by atoms with van der Waals surface area (Å²) < 4.78 is 51.3. The highest BCUT2D eigenvalue weighted by Gasteiger charge is 2.28. The molecule has 7 heteroatoms. The Balaban J connectivity index is 1.94. The average Bonchev–Trinajstić information content (AvgIpc) is 2.36. The van der Waals surface area contributed by atoms with Gasteiger partial charge in [-0.2, -0.15) is 13.2 Å². The summed E-state index contributed by atoms with van der Waals surface area (Å²) in [6.45, 7) is -0.356. The molecule has 0 saturated heterocycles. The van der Waals surface area contributed by atoms with Gasteiger partial charge in [0, 0.05) is 0 Å². The maximum absolute atomic E-state index is 12.0. The summed E-state index contributed by atoms with van der Waals surface area (Å²) >= 11 is 3.29. The number of alkyl halides is 4. The first-order valence-electron chi connectivity index (χ1n) is 5.64. The van der Waals surface area contributed by atoms with Crippen LogP contribution >= 0.6 is 15.9 Å². The first kappa shape index (κ1) is 14.5. The molecule has 1 aromatic carbocycles. The van der Waals surface area contributed by atoms with E-state index >= 15 is 0 Å². The summed E-state index contributed by atoms with van der Waals surface area (Å²) in [4.78, 5) is -0.328. The molecule has 0 radical (unpaired) electrons. The molecule has 1 aliphatic rings. The summed E-state index contributed by atoms with van der Waals surface area (Å²) in [5.41, 5.74) is 0.784. The highest BCUT2D eigenvalue weighted by molar-refractivity contribution is 9.09.